The summed E-state index contributed by atoms with van der Waals surface area (Å²) in [6.07, 6.45) is 5.76. The van der Waals surface area contributed by atoms with E-state index in [9.17, 15) is 0 Å². The van der Waals surface area contributed by atoms with Crippen LogP contribution in [0, 0.1) is 0 Å². The number of benzene rings is 1. The second-order valence-corrected chi connectivity index (χ2v) is 5.70. The highest BCUT2D eigenvalue weighted by atomic mass is 79.9. The van der Waals surface area contributed by atoms with Crippen LogP contribution in [0.5, 0.6) is 0 Å². The van der Waals surface area contributed by atoms with E-state index >= 15 is 0 Å². The lowest BCUT2D eigenvalue weighted by molar-refractivity contribution is 0.551. The molecule has 0 aliphatic rings. The van der Waals surface area contributed by atoms with E-state index in [0.717, 1.165) is 24.0 Å². The van der Waals surface area contributed by atoms with Crippen molar-refractivity contribution in [3.8, 4) is 0 Å². The lowest BCUT2D eigenvalue weighted by atomic mass is 9.93. The van der Waals surface area contributed by atoms with Crippen LogP contribution in [0.25, 0.3) is 0 Å². The zero-order chi connectivity index (χ0) is 13.5. The molecule has 1 N–H and O–H groups in total. The van der Waals surface area contributed by atoms with Crippen molar-refractivity contribution in [2.45, 2.75) is 25.7 Å². The largest absolute Gasteiger partial charge is 0.472 e. The molecule has 1 aromatic carbocycles. The van der Waals surface area contributed by atoms with Gasteiger partial charge < -0.3 is 9.73 Å². The topological polar surface area (TPSA) is 25.2 Å². The van der Waals surface area contributed by atoms with E-state index in [0.29, 0.717) is 5.92 Å². The van der Waals surface area contributed by atoms with E-state index in [-0.39, 0.29) is 0 Å². The Kier molecular flexibility index (Phi) is 5.67. The fraction of sp³-hybridized carbons (Fsp3) is 0.375. The maximum atomic E-state index is 5.17. The van der Waals surface area contributed by atoms with Crippen molar-refractivity contribution < 1.29 is 4.42 Å². The monoisotopic (exact) mass is 321 g/mol. The summed E-state index contributed by atoms with van der Waals surface area (Å²) in [7, 11) is 0. The van der Waals surface area contributed by atoms with Gasteiger partial charge in [0.25, 0.3) is 0 Å². The van der Waals surface area contributed by atoms with Crippen molar-refractivity contribution in [1.82, 2.24) is 5.32 Å². The molecule has 0 saturated heterocycles. The van der Waals surface area contributed by atoms with E-state index in [4.69, 9.17) is 4.42 Å². The van der Waals surface area contributed by atoms with Gasteiger partial charge in [0.05, 0.1) is 12.5 Å². The highest BCUT2D eigenvalue weighted by Gasteiger charge is 2.12. The molecule has 2 aromatic rings. The van der Waals surface area contributed by atoms with Gasteiger partial charge in [-0.3, -0.25) is 0 Å². The van der Waals surface area contributed by atoms with Crippen molar-refractivity contribution in [3.05, 3.63) is 58.5 Å². The fourth-order valence-corrected chi connectivity index (χ4v) is 2.45. The number of furan rings is 1. The molecule has 0 saturated carbocycles. The molecule has 1 unspecified atom stereocenters. The summed E-state index contributed by atoms with van der Waals surface area (Å²) in [6, 6.07) is 10.7. The molecule has 19 heavy (non-hydrogen) atoms. The molecule has 0 aliphatic carbocycles. The molecule has 0 fully saturated rings. The van der Waals surface area contributed by atoms with E-state index < -0.39 is 0 Å². The molecule has 0 spiro atoms. The molecule has 2 rings (SSSR count). The molecular formula is C16H20BrNO. The van der Waals surface area contributed by atoms with Crippen LogP contribution in [-0.4, -0.2) is 13.1 Å². The highest BCUT2D eigenvalue weighted by Crippen LogP contribution is 2.22. The number of rotatable bonds is 7. The first-order chi connectivity index (χ1) is 9.29. The summed E-state index contributed by atoms with van der Waals surface area (Å²) in [4.78, 5) is 0. The van der Waals surface area contributed by atoms with Crippen LogP contribution < -0.4 is 5.32 Å². The van der Waals surface area contributed by atoms with Crippen LogP contribution in [0.1, 0.15) is 30.4 Å². The summed E-state index contributed by atoms with van der Waals surface area (Å²) in [5.41, 5.74) is 2.62. The number of hydrogen-bond donors (Lipinski definition) is 1. The Morgan fingerprint density at radius 2 is 2.00 bits per heavy atom. The van der Waals surface area contributed by atoms with Gasteiger partial charge in [0, 0.05) is 16.9 Å². The zero-order valence-corrected chi connectivity index (χ0v) is 12.8. The van der Waals surface area contributed by atoms with Crippen LogP contribution in [0.15, 0.2) is 51.7 Å². The molecule has 3 heteroatoms. The van der Waals surface area contributed by atoms with E-state index in [1.54, 1.807) is 6.26 Å². The summed E-state index contributed by atoms with van der Waals surface area (Å²) in [5.74, 6) is 0.484. The van der Waals surface area contributed by atoms with Crippen LogP contribution in [-0.2, 0) is 6.42 Å². The van der Waals surface area contributed by atoms with Crippen molar-refractivity contribution in [1.29, 1.82) is 0 Å². The van der Waals surface area contributed by atoms with E-state index in [1.807, 2.05) is 12.3 Å². The standard InChI is InChI=1S/C16H20BrNO/c1-2-8-18-11-15(10-13-7-9-19-12-13)14-3-5-16(17)6-4-14/h3-7,9,12,15,18H,2,8,10-11H2,1H3. The zero-order valence-electron chi connectivity index (χ0n) is 11.2. The minimum Gasteiger partial charge on any atom is -0.472 e. The Hall–Kier alpha value is -1.06. The Morgan fingerprint density at radius 3 is 2.63 bits per heavy atom. The Morgan fingerprint density at radius 1 is 1.21 bits per heavy atom. The minimum atomic E-state index is 0.484. The molecule has 0 amide bonds. The maximum Gasteiger partial charge on any atom is 0.0934 e. The SMILES string of the molecule is CCCNCC(Cc1ccoc1)c1ccc(Br)cc1. The van der Waals surface area contributed by atoms with Crippen LogP contribution in [0.2, 0.25) is 0 Å². The predicted octanol–water partition coefficient (Wildman–Crippen LogP) is 4.37. The lowest BCUT2D eigenvalue weighted by Gasteiger charge is -2.17. The second-order valence-electron chi connectivity index (χ2n) is 4.79. The highest BCUT2D eigenvalue weighted by molar-refractivity contribution is 9.10. The summed E-state index contributed by atoms with van der Waals surface area (Å²) in [5, 5.41) is 3.52. The second kappa shape index (κ2) is 7.51. The lowest BCUT2D eigenvalue weighted by Crippen LogP contribution is -2.23. The van der Waals surface area contributed by atoms with Gasteiger partial charge >= 0.3 is 0 Å². The Labute approximate surface area is 123 Å². The molecule has 0 aliphatic heterocycles. The molecule has 1 aromatic heterocycles. The molecule has 1 heterocycles. The normalized spacial score (nSPS) is 12.5. The average molecular weight is 322 g/mol. The molecule has 1 atom stereocenters. The molecule has 2 nitrogen and oxygen atoms in total. The smallest absolute Gasteiger partial charge is 0.0934 e. The summed E-state index contributed by atoms with van der Waals surface area (Å²) < 4.78 is 6.29. The van der Waals surface area contributed by atoms with Gasteiger partial charge in [-0.25, -0.2) is 0 Å². The van der Waals surface area contributed by atoms with Crippen LogP contribution >= 0.6 is 15.9 Å². The van der Waals surface area contributed by atoms with Crippen LogP contribution in [0.4, 0.5) is 0 Å². The fourth-order valence-electron chi connectivity index (χ4n) is 2.19. The third kappa shape index (κ3) is 4.51. The van der Waals surface area contributed by atoms with Gasteiger partial charge in [0.2, 0.25) is 0 Å². The van der Waals surface area contributed by atoms with Gasteiger partial charge in [-0.05, 0) is 48.7 Å². The Balaban J connectivity index is 2.06. The first-order valence-corrected chi connectivity index (χ1v) is 7.56. The number of halogens is 1. The average Bonchev–Trinajstić information content (AvgIpc) is 2.92. The first kappa shape index (κ1) is 14.4. The summed E-state index contributed by atoms with van der Waals surface area (Å²) in [6.45, 7) is 4.26. The molecule has 102 valence electrons. The quantitative estimate of drug-likeness (QED) is 0.766. The molecule has 0 radical (unpaired) electrons. The molecule has 0 bridgehead atoms. The number of nitrogens with one attached hydrogen (secondary N) is 1. The Bertz CT molecular complexity index is 464. The number of hydrogen-bond acceptors (Lipinski definition) is 2. The van der Waals surface area contributed by atoms with Crippen molar-refractivity contribution in [2.24, 2.45) is 0 Å². The van der Waals surface area contributed by atoms with E-state index in [1.165, 1.54) is 17.5 Å². The van der Waals surface area contributed by atoms with Crippen molar-refractivity contribution in [2.75, 3.05) is 13.1 Å². The minimum absolute atomic E-state index is 0.484. The van der Waals surface area contributed by atoms with Gasteiger partial charge in [-0.15, -0.1) is 0 Å². The molecular weight excluding hydrogens is 302 g/mol. The third-order valence-corrected chi connectivity index (χ3v) is 3.75. The van der Waals surface area contributed by atoms with Gasteiger partial charge in [0.15, 0.2) is 0 Å². The van der Waals surface area contributed by atoms with Gasteiger partial charge in [0.1, 0.15) is 0 Å². The van der Waals surface area contributed by atoms with Crippen molar-refractivity contribution in [3.63, 3.8) is 0 Å². The third-order valence-electron chi connectivity index (χ3n) is 3.22. The maximum absolute atomic E-state index is 5.17. The van der Waals surface area contributed by atoms with Gasteiger partial charge in [-0.2, -0.15) is 0 Å². The van der Waals surface area contributed by atoms with Gasteiger partial charge in [-0.1, -0.05) is 35.0 Å². The summed E-state index contributed by atoms with van der Waals surface area (Å²) >= 11 is 3.49. The van der Waals surface area contributed by atoms with Crippen LogP contribution in [0.3, 0.4) is 0 Å². The predicted molar refractivity (Wildman–Crippen MR) is 82.5 cm³/mol. The van der Waals surface area contributed by atoms with E-state index in [2.05, 4.69) is 52.4 Å². The first-order valence-electron chi connectivity index (χ1n) is 6.77. The van der Waals surface area contributed by atoms with Crippen molar-refractivity contribution >= 4 is 15.9 Å².